The summed E-state index contributed by atoms with van der Waals surface area (Å²) < 4.78 is 234. The Balaban J connectivity index is 1.74. The van der Waals surface area contributed by atoms with Gasteiger partial charge in [0.1, 0.15) is 0 Å². The van der Waals surface area contributed by atoms with E-state index in [-0.39, 0.29) is 75.9 Å². The van der Waals surface area contributed by atoms with Crippen LogP contribution in [0.2, 0.25) is 0 Å². The predicted octanol–water partition coefficient (Wildman–Crippen LogP) is 15.8. The molecule has 0 N–H and O–H groups in total. The van der Waals surface area contributed by atoms with E-state index in [1.165, 1.54) is 16.2 Å². The molecule has 0 spiro atoms. The molecule has 2 aliphatic rings. The monoisotopic (exact) mass is 984 g/mol. The van der Waals surface area contributed by atoms with Crippen molar-refractivity contribution in [1.29, 1.82) is 0 Å². The number of thioether (sulfide) groups is 3. The molecule has 24 heteroatoms. The summed E-state index contributed by atoms with van der Waals surface area (Å²) in [6, 6.07) is -0.601. The normalized spacial score (nSPS) is 17.8. The van der Waals surface area contributed by atoms with Gasteiger partial charge in [-0.1, -0.05) is 82.9 Å². The van der Waals surface area contributed by atoms with Crippen LogP contribution in [0.25, 0.3) is 0 Å². The van der Waals surface area contributed by atoms with E-state index in [1.54, 1.807) is 0 Å². The second-order valence-corrected chi connectivity index (χ2v) is 37.0. The third-order valence-electron chi connectivity index (χ3n) is 8.21. The molecule has 58 heavy (non-hydrogen) atoms. The van der Waals surface area contributed by atoms with Gasteiger partial charge < -0.3 is 0 Å². The summed E-state index contributed by atoms with van der Waals surface area (Å²) in [6.45, 7) is 0. The minimum atomic E-state index is -6.09. The van der Waals surface area contributed by atoms with Gasteiger partial charge in [0, 0.05) is 69.5 Å². The average Bonchev–Trinajstić information content (AvgIpc) is 3.83. The standard InChI is InChI=1S/C34H16F16S8/c35-17-5-18(36)26(44)13(25(17)43)9-54-58(4-3-53-34(58)33-51-1-2-52-33,55-10-14-27(45)19(37)6-20(38)28(14)46,56-11-15-29(47)21(39)7-22(40)30(15)48)57-12-16-31(49)23(41)8-24(42)32(16)50/h1-8H,9-12H2. The van der Waals surface area contributed by atoms with Gasteiger partial charge in [-0.3, -0.25) is 0 Å². The smallest absolute Gasteiger partial charge is 0.166 e. The summed E-state index contributed by atoms with van der Waals surface area (Å²) in [5, 5.41) is 5.15. The molecule has 2 heterocycles. The Morgan fingerprint density at radius 3 is 0.828 bits per heavy atom. The van der Waals surface area contributed by atoms with Crippen LogP contribution in [0.3, 0.4) is 0 Å². The van der Waals surface area contributed by atoms with E-state index in [0.29, 0.717) is 11.8 Å². The highest BCUT2D eigenvalue weighted by Gasteiger charge is 2.68. The molecule has 0 saturated heterocycles. The predicted molar refractivity (Wildman–Crippen MR) is 206 cm³/mol. The van der Waals surface area contributed by atoms with Gasteiger partial charge in [0.2, 0.25) is 0 Å². The Morgan fingerprint density at radius 2 is 0.586 bits per heavy atom. The van der Waals surface area contributed by atoms with Gasteiger partial charge in [-0.15, -0.1) is 0 Å². The molecular formula is C34H16F16S8. The van der Waals surface area contributed by atoms with Crippen molar-refractivity contribution in [3.05, 3.63) is 170 Å². The minimum Gasteiger partial charge on any atom is -0.204 e. The van der Waals surface area contributed by atoms with Gasteiger partial charge in [-0.25, -0.2) is 70.2 Å². The molecule has 4 aromatic carbocycles. The number of hydrogen-bond donors (Lipinski definition) is 0. The van der Waals surface area contributed by atoms with Crippen molar-refractivity contribution in [2.75, 3.05) is 0 Å². The van der Waals surface area contributed by atoms with E-state index in [0.717, 1.165) is 28.9 Å². The van der Waals surface area contributed by atoms with Gasteiger partial charge >= 0.3 is 0 Å². The fourth-order valence-electron chi connectivity index (χ4n) is 5.26. The van der Waals surface area contributed by atoms with Crippen molar-refractivity contribution >= 4 is 82.9 Å². The number of rotatable bonds is 12. The molecule has 312 valence electrons. The Bertz CT molecular complexity index is 2090. The first-order valence-electron chi connectivity index (χ1n) is 15.2. The molecule has 0 aliphatic carbocycles. The van der Waals surface area contributed by atoms with Crippen LogP contribution in [0.15, 0.2) is 54.4 Å². The second kappa shape index (κ2) is 16.6. The third-order valence-corrected chi connectivity index (χ3v) is 41.8. The van der Waals surface area contributed by atoms with Crippen LogP contribution in [0.4, 0.5) is 70.2 Å². The lowest BCUT2D eigenvalue weighted by Gasteiger charge is -2.73. The van der Waals surface area contributed by atoms with Gasteiger partial charge in [0.15, 0.2) is 93.1 Å². The van der Waals surface area contributed by atoms with Gasteiger partial charge in [0.25, 0.3) is 0 Å². The lowest BCUT2D eigenvalue weighted by atomic mass is 10.2. The molecule has 4 aromatic rings. The lowest BCUT2D eigenvalue weighted by Crippen LogP contribution is -2.21. The molecule has 0 saturated carbocycles. The molecule has 0 fully saturated rings. The zero-order valence-corrected chi connectivity index (χ0v) is 34.3. The van der Waals surface area contributed by atoms with Crippen molar-refractivity contribution in [3.8, 4) is 0 Å². The van der Waals surface area contributed by atoms with Gasteiger partial charge in [-0.2, -0.15) is 0 Å². The van der Waals surface area contributed by atoms with Crippen LogP contribution < -0.4 is 0 Å². The summed E-state index contributed by atoms with van der Waals surface area (Å²) >= 11 is 2.44. The highest BCUT2D eigenvalue weighted by molar-refractivity contribution is 9.84. The molecule has 2 aliphatic heterocycles. The van der Waals surface area contributed by atoms with Crippen LogP contribution in [0.5, 0.6) is 0 Å². The quantitative estimate of drug-likeness (QED) is 0.0778. The van der Waals surface area contributed by atoms with Gasteiger partial charge in [-0.05, 0) is 21.6 Å². The lowest BCUT2D eigenvalue weighted by molar-refractivity contribution is 0.444. The summed E-state index contributed by atoms with van der Waals surface area (Å²) in [6.07, 6.45) is 0. The van der Waals surface area contributed by atoms with Crippen molar-refractivity contribution in [2.24, 2.45) is 0 Å². The highest BCUT2D eigenvalue weighted by atomic mass is 34.1. The molecule has 0 nitrogen and oxygen atoms in total. The average molecular weight is 985 g/mol. The SMILES string of the molecule is Fc1cc(F)c(F)c(CSS2(SCc3c(F)c(F)cc(F)c3F)(SCc3c(F)c(F)cc(F)c3F)(SCc3c(F)c(F)cc(F)c3F)C=CSC2=C2SC=CS2)c1F. The Labute approximate surface area is 343 Å². The highest BCUT2D eigenvalue weighted by Crippen LogP contribution is 3.24. The van der Waals surface area contributed by atoms with Crippen molar-refractivity contribution in [2.45, 2.75) is 23.0 Å². The zero-order valence-electron chi connectivity index (χ0n) is 27.8. The molecule has 0 unspecified atom stereocenters. The van der Waals surface area contributed by atoms with Crippen LogP contribution in [-0.4, -0.2) is 0 Å². The van der Waals surface area contributed by atoms with Crippen LogP contribution in [0, 0.1) is 93.1 Å². The van der Waals surface area contributed by atoms with Crippen molar-refractivity contribution in [3.63, 3.8) is 0 Å². The first-order valence-corrected chi connectivity index (χ1v) is 26.4. The fourth-order valence-corrected chi connectivity index (χ4v) is 39.7. The van der Waals surface area contributed by atoms with E-state index < -0.39 is 143 Å². The summed E-state index contributed by atoms with van der Waals surface area (Å²) in [7, 11) is 0.859. The number of hydrogen-bond acceptors (Lipinski definition) is 7. The van der Waals surface area contributed by atoms with Crippen LogP contribution >= 0.6 is 82.9 Å². The first-order chi connectivity index (χ1) is 27.2. The van der Waals surface area contributed by atoms with Crippen LogP contribution in [0.1, 0.15) is 22.3 Å². The topological polar surface area (TPSA) is 0 Å². The molecule has 0 atom stereocenters. The van der Waals surface area contributed by atoms with E-state index in [4.69, 9.17) is 0 Å². The maximum Gasteiger partial charge on any atom is 0.166 e. The molecule has 6 rings (SSSR count). The molecular weight excluding hydrogens is 969 g/mol. The zero-order chi connectivity index (χ0) is 42.5. The minimum absolute atomic E-state index is 0.118. The Morgan fingerprint density at radius 1 is 0.345 bits per heavy atom. The van der Waals surface area contributed by atoms with E-state index in [1.807, 2.05) is 0 Å². The molecule has 0 bridgehead atoms. The maximum atomic E-state index is 15.4. The van der Waals surface area contributed by atoms with E-state index in [9.17, 15) is 35.1 Å². The summed E-state index contributed by atoms with van der Waals surface area (Å²) in [5.41, 5.74) is -5.50. The van der Waals surface area contributed by atoms with Crippen molar-refractivity contribution < 1.29 is 70.2 Å². The fraction of sp³-hybridized carbons (Fsp3) is 0.118. The summed E-state index contributed by atoms with van der Waals surface area (Å²) in [4.78, 5) is 0. The van der Waals surface area contributed by atoms with Gasteiger partial charge in [0.05, 0.1) is 8.47 Å². The van der Waals surface area contributed by atoms with Crippen LogP contribution in [-0.2, 0) is 23.0 Å². The molecule has 0 radical (unpaired) electrons. The number of benzene rings is 4. The Kier molecular flexibility index (Phi) is 12.9. The number of halogens is 16. The van der Waals surface area contributed by atoms with E-state index >= 15 is 35.1 Å². The first kappa shape index (κ1) is 45.3. The summed E-state index contributed by atoms with van der Waals surface area (Å²) in [5.74, 6) is -36.5. The van der Waals surface area contributed by atoms with Crippen molar-refractivity contribution in [1.82, 2.24) is 0 Å². The molecule has 0 aromatic heterocycles. The maximum absolute atomic E-state index is 15.4. The molecule has 0 amide bonds. The Hall–Kier alpha value is -2.22. The third kappa shape index (κ3) is 7.67. The van der Waals surface area contributed by atoms with E-state index in [2.05, 4.69) is 0 Å². The largest absolute Gasteiger partial charge is 0.204 e. The second-order valence-electron chi connectivity index (χ2n) is 11.6.